The monoisotopic (exact) mass is 487 g/mol. The highest BCUT2D eigenvalue weighted by atomic mass is 16.5. The Labute approximate surface area is 205 Å². The second-order valence-electron chi connectivity index (χ2n) is 10.2. The maximum absolute atomic E-state index is 13.5. The average molecular weight is 488 g/mol. The van der Waals surface area contributed by atoms with E-state index in [9.17, 15) is 19.5 Å². The Hall–Kier alpha value is -2.43. The van der Waals surface area contributed by atoms with E-state index in [1.54, 1.807) is 15.5 Å². The van der Waals surface area contributed by atoms with E-state index in [1.165, 1.54) is 6.07 Å². The molecule has 5 rings (SSSR count). The normalized spacial score (nSPS) is 28.7. The van der Waals surface area contributed by atoms with Crippen molar-refractivity contribution < 1.29 is 19.4 Å². The number of hydrogen-bond acceptors (Lipinski definition) is 6. The number of morpholine rings is 1. The Morgan fingerprint density at radius 1 is 1.14 bits per heavy atom. The van der Waals surface area contributed by atoms with Crippen molar-refractivity contribution in [3.8, 4) is 0 Å². The predicted octanol–water partition coefficient (Wildman–Crippen LogP) is 0.303. The third-order valence-corrected chi connectivity index (χ3v) is 8.19. The molecule has 3 aliphatic heterocycles. The third kappa shape index (κ3) is 4.83. The van der Waals surface area contributed by atoms with Gasteiger partial charge in [0.15, 0.2) is 0 Å². The van der Waals surface area contributed by atoms with Gasteiger partial charge in [0.25, 0.3) is 5.56 Å². The number of nitrogens with zero attached hydrogens (tertiary/aromatic N) is 3. The van der Waals surface area contributed by atoms with Crippen LogP contribution in [0.25, 0.3) is 0 Å². The topological polar surface area (TPSA) is 116 Å². The van der Waals surface area contributed by atoms with Crippen molar-refractivity contribution in [2.24, 2.45) is 11.8 Å². The fraction of sp³-hybridized carbons (Fsp3) is 0.720. The fourth-order valence-electron chi connectivity index (χ4n) is 6.41. The van der Waals surface area contributed by atoms with Crippen LogP contribution < -0.4 is 16.2 Å². The molecule has 4 atom stereocenters. The molecule has 192 valence electrons. The van der Waals surface area contributed by atoms with Crippen molar-refractivity contribution in [1.29, 1.82) is 0 Å². The van der Waals surface area contributed by atoms with E-state index in [2.05, 4.69) is 15.5 Å². The van der Waals surface area contributed by atoms with E-state index < -0.39 is 23.9 Å². The summed E-state index contributed by atoms with van der Waals surface area (Å²) in [6, 6.07) is 3.97. The summed E-state index contributed by atoms with van der Waals surface area (Å²) >= 11 is 0. The molecule has 3 fully saturated rings. The summed E-state index contributed by atoms with van der Waals surface area (Å²) < 4.78 is 7.06. The number of rotatable bonds is 7. The number of hydrogen-bond donors (Lipinski definition) is 3. The number of nitrogens with one attached hydrogen (secondary N) is 2. The highest BCUT2D eigenvalue weighted by Gasteiger charge is 2.57. The molecule has 4 aliphatic rings. The smallest absolute Gasteiger partial charge is 0.318 e. The van der Waals surface area contributed by atoms with E-state index in [0.29, 0.717) is 12.2 Å². The van der Waals surface area contributed by atoms with Gasteiger partial charge in [0.05, 0.1) is 31.2 Å². The lowest BCUT2D eigenvalue weighted by Gasteiger charge is -2.38. The zero-order chi connectivity index (χ0) is 24.4. The number of carbonyl (C=O) groups is 2. The predicted molar refractivity (Wildman–Crippen MR) is 129 cm³/mol. The lowest BCUT2D eigenvalue weighted by Crippen LogP contribution is -2.53. The molecule has 3 amide bonds. The number of amides is 3. The fourth-order valence-corrected chi connectivity index (χ4v) is 6.41. The van der Waals surface area contributed by atoms with Crippen LogP contribution in [0.5, 0.6) is 0 Å². The van der Waals surface area contributed by atoms with Gasteiger partial charge in [-0.05, 0) is 31.9 Å². The molecule has 0 aromatic carbocycles. The molecule has 10 nitrogen and oxygen atoms in total. The Morgan fingerprint density at radius 3 is 2.66 bits per heavy atom. The van der Waals surface area contributed by atoms with Gasteiger partial charge in [-0.15, -0.1) is 0 Å². The van der Waals surface area contributed by atoms with Gasteiger partial charge in [0.1, 0.15) is 0 Å². The number of ether oxygens (including phenoxy) is 1. The summed E-state index contributed by atoms with van der Waals surface area (Å²) in [5.41, 5.74) is 0.524. The Bertz CT molecular complexity index is 971. The molecule has 0 unspecified atom stereocenters. The maximum atomic E-state index is 13.5. The van der Waals surface area contributed by atoms with Crippen molar-refractivity contribution in [2.45, 2.75) is 56.8 Å². The zero-order valence-electron chi connectivity index (χ0n) is 20.2. The van der Waals surface area contributed by atoms with Gasteiger partial charge in [0.2, 0.25) is 5.91 Å². The van der Waals surface area contributed by atoms with Gasteiger partial charge in [0, 0.05) is 56.5 Å². The number of aliphatic hydroxyl groups excluding tert-OH is 1. The molecule has 10 heteroatoms. The molecule has 0 spiro atoms. The van der Waals surface area contributed by atoms with Crippen molar-refractivity contribution >= 4 is 11.9 Å². The lowest BCUT2D eigenvalue weighted by atomic mass is 9.86. The standard InChI is InChI=1S/C25H37N5O5/c31-16-18-20-15-29-19(7-3-8-21(29)32)23(30(20)25(34)27-17-5-1-2-6-17)22(18)24(33)26-9-4-10-28-11-13-35-14-12-28/h3,7-8,17-18,20,22-23,31H,1-2,4-6,9-16H2,(H,26,33)(H,27,34)/t18-,20-,22+,23+/m0/s1. The zero-order valence-corrected chi connectivity index (χ0v) is 20.2. The van der Waals surface area contributed by atoms with Crippen molar-refractivity contribution in [2.75, 3.05) is 46.0 Å². The van der Waals surface area contributed by atoms with Crippen LogP contribution in [0.2, 0.25) is 0 Å². The molecule has 2 saturated heterocycles. The van der Waals surface area contributed by atoms with Gasteiger partial charge in [-0.3, -0.25) is 14.5 Å². The third-order valence-electron chi connectivity index (χ3n) is 8.19. The molecule has 3 N–H and O–H groups in total. The Morgan fingerprint density at radius 2 is 1.91 bits per heavy atom. The first-order chi connectivity index (χ1) is 17.1. The van der Waals surface area contributed by atoms with Crippen LogP contribution >= 0.6 is 0 Å². The minimum Gasteiger partial charge on any atom is -0.396 e. The first-order valence-corrected chi connectivity index (χ1v) is 13.1. The highest BCUT2D eigenvalue weighted by molar-refractivity contribution is 5.84. The first kappa shape index (κ1) is 24.3. The van der Waals surface area contributed by atoms with Crippen LogP contribution in [0.1, 0.15) is 43.8 Å². The number of aromatic nitrogens is 1. The molecule has 1 aromatic heterocycles. The summed E-state index contributed by atoms with van der Waals surface area (Å²) in [6.45, 7) is 4.78. The van der Waals surface area contributed by atoms with Crippen LogP contribution in [-0.2, 0) is 16.1 Å². The highest BCUT2D eigenvalue weighted by Crippen LogP contribution is 2.48. The van der Waals surface area contributed by atoms with Crippen molar-refractivity contribution in [3.05, 3.63) is 34.2 Å². The van der Waals surface area contributed by atoms with Crippen LogP contribution in [0.15, 0.2) is 23.0 Å². The van der Waals surface area contributed by atoms with E-state index in [0.717, 1.165) is 65.0 Å². The minimum atomic E-state index is -0.613. The molecule has 0 radical (unpaired) electrons. The SMILES string of the molecule is O=C(NCCCN1CCOCC1)[C@@H]1[C@@H](CO)[C@@H]2Cn3c(cccc3=O)[C@H]1N2C(=O)NC1CCCC1. The van der Waals surface area contributed by atoms with E-state index >= 15 is 0 Å². The molecule has 1 saturated carbocycles. The maximum Gasteiger partial charge on any atom is 0.318 e. The van der Waals surface area contributed by atoms with Gasteiger partial charge in [-0.2, -0.15) is 0 Å². The van der Waals surface area contributed by atoms with Crippen LogP contribution in [0, 0.1) is 11.8 Å². The van der Waals surface area contributed by atoms with E-state index in [4.69, 9.17) is 4.74 Å². The summed E-state index contributed by atoms with van der Waals surface area (Å²) in [6.07, 6.45) is 4.94. The van der Waals surface area contributed by atoms with Crippen molar-refractivity contribution in [1.82, 2.24) is 25.0 Å². The number of fused-ring (bicyclic) bond motifs is 4. The summed E-state index contributed by atoms with van der Waals surface area (Å²) in [7, 11) is 0. The minimum absolute atomic E-state index is 0.141. The van der Waals surface area contributed by atoms with E-state index in [-0.39, 0.29) is 36.7 Å². The molecule has 4 heterocycles. The number of pyridine rings is 1. The molecular formula is C25H37N5O5. The largest absolute Gasteiger partial charge is 0.396 e. The molecule has 2 bridgehead atoms. The van der Waals surface area contributed by atoms with E-state index in [1.807, 2.05) is 6.07 Å². The number of aliphatic hydroxyl groups is 1. The molecule has 35 heavy (non-hydrogen) atoms. The number of carbonyl (C=O) groups excluding carboxylic acids is 2. The summed E-state index contributed by atoms with van der Waals surface area (Å²) in [5, 5.41) is 16.6. The van der Waals surface area contributed by atoms with Gasteiger partial charge in [-0.25, -0.2) is 4.79 Å². The van der Waals surface area contributed by atoms with Crippen LogP contribution in [-0.4, -0.2) is 89.5 Å². The Balaban J connectivity index is 1.34. The summed E-state index contributed by atoms with van der Waals surface area (Å²) in [5.74, 6) is -1.21. The molecular weight excluding hydrogens is 450 g/mol. The quantitative estimate of drug-likeness (QED) is 0.477. The van der Waals surface area contributed by atoms with Crippen LogP contribution in [0.3, 0.4) is 0 Å². The molecule has 1 aromatic rings. The van der Waals surface area contributed by atoms with Gasteiger partial charge < -0.3 is 29.9 Å². The number of urea groups is 1. The Kier molecular flexibility index (Phi) is 7.40. The van der Waals surface area contributed by atoms with Crippen molar-refractivity contribution in [3.63, 3.8) is 0 Å². The first-order valence-electron chi connectivity index (χ1n) is 13.1. The summed E-state index contributed by atoms with van der Waals surface area (Å²) in [4.78, 5) is 43.7. The van der Waals surface area contributed by atoms with Gasteiger partial charge in [-0.1, -0.05) is 18.9 Å². The van der Waals surface area contributed by atoms with Crippen LogP contribution in [0.4, 0.5) is 4.79 Å². The second kappa shape index (κ2) is 10.7. The average Bonchev–Trinajstić information content (AvgIpc) is 3.46. The second-order valence-corrected chi connectivity index (χ2v) is 10.2. The molecule has 1 aliphatic carbocycles. The van der Waals surface area contributed by atoms with Gasteiger partial charge >= 0.3 is 6.03 Å². The lowest BCUT2D eigenvalue weighted by molar-refractivity contribution is -0.127.